The Kier molecular flexibility index (Phi) is 5.73. The number of nitrogens with two attached hydrogens (primary N) is 1. The van der Waals surface area contributed by atoms with Crippen molar-refractivity contribution >= 4 is 11.6 Å². The first-order valence-electron chi connectivity index (χ1n) is 11.0. The first kappa shape index (κ1) is 22.0. The fourth-order valence-electron chi connectivity index (χ4n) is 4.23. The van der Waals surface area contributed by atoms with E-state index in [9.17, 15) is 4.79 Å². The van der Waals surface area contributed by atoms with E-state index in [1.54, 1.807) is 22.0 Å². The van der Waals surface area contributed by atoms with Crippen LogP contribution >= 0.6 is 0 Å². The summed E-state index contributed by atoms with van der Waals surface area (Å²) < 4.78 is 7.54. The van der Waals surface area contributed by atoms with Crippen molar-refractivity contribution < 1.29 is 9.53 Å². The minimum Gasteiger partial charge on any atom is -0.492 e. The van der Waals surface area contributed by atoms with Gasteiger partial charge in [0.05, 0.1) is 59.5 Å². The maximum Gasteiger partial charge on any atom is 0.261 e. The topological polar surface area (TPSA) is 99.2 Å². The minimum absolute atomic E-state index is 0.0791. The molecule has 3 aromatic rings. The van der Waals surface area contributed by atoms with Crippen LogP contribution in [0.15, 0.2) is 30.7 Å². The van der Waals surface area contributed by atoms with Crippen LogP contribution in [0.2, 0.25) is 0 Å². The number of ether oxygens (including phenoxy) is 1. The third kappa shape index (κ3) is 3.54. The predicted octanol–water partition coefficient (Wildman–Crippen LogP) is 3.81. The Hall–Kier alpha value is -3.26. The number of aromatic nitrogens is 4. The number of aryl methyl sites for hydroxylation is 2. The van der Waals surface area contributed by atoms with Crippen LogP contribution in [-0.2, 0) is 18.6 Å². The van der Waals surface area contributed by atoms with Crippen LogP contribution in [0.5, 0.6) is 5.75 Å². The summed E-state index contributed by atoms with van der Waals surface area (Å²) in [7, 11) is 0. The highest BCUT2D eigenvalue weighted by Crippen LogP contribution is 2.43. The minimum atomic E-state index is -0.645. The van der Waals surface area contributed by atoms with E-state index in [0.29, 0.717) is 17.9 Å². The van der Waals surface area contributed by atoms with E-state index >= 15 is 0 Å². The number of anilines is 1. The fourth-order valence-corrected chi connectivity index (χ4v) is 4.23. The third-order valence-corrected chi connectivity index (χ3v) is 5.86. The van der Waals surface area contributed by atoms with E-state index in [2.05, 4.69) is 23.9 Å². The first-order valence-corrected chi connectivity index (χ1v) is 11.0. The highest BCUT2D eigenvalue weighted by Gasteiger charge is 2.47. The molecule has 8 nitrogen and oxygen atoms in total. The number of carbonyl (C=O) groups excluding carboxylic acids is 1. The van der Waals surface area contributed by atoms with Crippen LogP contribution in [0.1, 0.15) is 61.4 Å². The van der Waals surface area contributed by atoms with Gasteiger partial charge in [0, 0.05) is 11.8 Å². The van der Waals surface area contributed by atoms with E-state index in [1.807, 2.05) is 39.1 Å². The number of nitrogens with zero attached hydrogens (tertiary/aromatic N) is 5. The van der Waals surface area contributed by atoms with Gasteiger partial charge in [0.2, 0.25) is 0 Å². The SMILES string of the molecule is CCCOc1cc(-c2cc(C)c3c(n2)C(C)(C)N(c2cnn(CN)c2)C3=O)cnc1CC. The van der Waals surface area contributed by atoms with Crippen LogP contribution in [0, 0.1) is 6.92 Å². The maximum atomic E-state index is 13.4. The summed E-state index contributed by atoms with van der Waals surface area (Å²) in [5.74, 6) is 0.711. The summed E-state index contributed by atoms with van der Waals surface area (Å²) in [6.07, 6.45) is 7.00. The number of rotatable bonds is 7. The Balaban J connectivity index is 1.79. The summed E-state index contributed by atoms with van der Waals surface area (Å²) >= 11 is 0. The van der Waals surface area contributed by atoms with Gasteiger partial charge in [0.25, 0.3) is 5.91 Å². The molecule has 168 valence electrons. The lowest BCUT2D eigenvalue weighted by molar-refractivity contribution is 0.0981. The molecule has 0 saturated carbocycles. The summed E-state index contributed by atoms with van der Waals surface area (Å²) in [5.41, 5.74) is 10.6. The Morgan fingerprint density at radius 1 is 1.19 bits per heavy atom. The molecule has 1 aliphatic rings. The molecule has 32 heavy (non-hydrogen) atoms. The van der Waals surface area contributed by atoms with Crippen molar-refractivity contribution in [1.29, 1.82) is 0 Å². The van der Waals surface area contributed by atoms with E-state index < -0.39 is 5.54 Å². The van der Waals surface area contributed by atoms with Gasteiger partial charge in [-0.15, -0.1) is 0 Å². The monoisotopic (exact) mass is 434 g/mol. The van der Waals surface area contributed by atoms with Crippen molar-refractivity contribution in [2.75, 3.05) is 11.5 Å². The van der Waals surface area contributed by atoms with Crippen molar-refractivity contribution in [3.63, 3.8) is 0 Å². The molecule has 0 atom stereocenters. The van der Waals surface area contributed by atoms with Crippen molar-refractivity contribution in [3.8, 4) is 17.0 Å². The standard InChI is InChI=1S/C24H30N6O2/c1-6-8-32-20-10-16(11-26-18(20)7-2)19-9-15(3)21-22(28-19)24(4,5)30(23(21)31)17-12-27-29(13-17)14-25/h9-13H,6-8,14,25H2,1-5H3. The summed E-state index contributed by atoms with van der Waals surface area (Å²) in [6.45, 7) is 11.0. The molecule has 0 aromatic carbocycles. The molecule has 0 unspecified atom stereocenters. The van der Waals surface area contributed by atoms with Gasteiger partial charge < -0.3 is 10.5 Å². The van der Waals surface area contributed by atoms with Gasteiger partial charge in [0.15, 0.2) is 0 Å². The lowest BCUT2D eigenvalue weighted by atomic mass is 9.96. The zero-order valence-electron chi connectivity index (χ0n) is 19.3. The van der Waals surface area contributed by atoms with Crippen LogP contribution < -0.4 is 15.4 Å². The number of hydrogen-bond donors (Lipinski definition) is 1. The molecule has 0 saturated heterocycles. The van der Waals surface area contributed by atoms with Crippen LogP contribution in [0.4, 0.5) is 5.69 Å². The average Bonchev–Trinajstić information content (AvgIpc) is 3.32. The van der Waals surface area contributed by atoms with E-state index in [-0.39, 0.29) is 12.6 Å². The Bertz CT molecular complexity index is 1170. The molecule has 0 radical (unpaired) electrons. The van der Waals surface area contributed by atoms with Gasteiger partial charge in [-0.05, 0) is 51.3 Å². The molecular formula is C24H30N6O2. The van der Waals surface area contributed by atoms with E-state index in [1.165, 1.54) is 0 Å². The molecule has 0 aliphatic carbocycles. The number of amides is 1. The molecule has 3 aromatic heterocycles. The van der Waals surface area contributed by atoms with Gasteiger partial charge in [-0.1, -0.05) is 13.8 Å². The molecular weight excluding hydrogens is 404 g/mol. The molecule has 0 bridgehead atoms. The number of fused-ring (bicyclic) bond motifs is 1. The number of carbonyl (C=O) groups is 1. The quantitative estimate of drug-likeness (QED) is 0.607. The molecule has 8 heteroatoms. The Morgan fingerprint density at radius 2 is 1.97 bits per heavy atom. The molecule has 1 aliphatic heterocycles. The lowest BCUT2D eigenvalue weighted by Crippen LogP contribution is -2.39. The van der Waals surface area contributed by atoms with Crippen LogP contribution in [0.3, 0.4) is 0 Å². The number of hydrogen-bond acceptors (Lipinski definition) is 6. The van der Waals surface area contributed by atoms with E-state index in [0.717, 1.165) is 46.8 Å². The van der Waals surface area contributed by atoms with Gasteiger partial charge in [-0.2, -0.15) is 5.10 Å². The molecule has 1 amide bonds. The highest BCUT2D eigenvalue weighted by atomic mass is 16.5. The smallest absolute Gasteiger partial charge is 0.261 e. The number of pyridine rings is 2. The van der Waals surface area contributed by atoms with Crippen molar-refractivity contribution in [1.82, 2.24) is 19.7 Å². The fraction of sp³-hybridized carbons (Fsp3) is 0.417. The molecule has 4 heterocycles. The Morgan fingerprint density at radius 3 is 2.62 bits per heavy atom. The highest BCUT2D eigenvalue weighted by molar-refractivity contribution is 6.12. The van der Waals surface area contributed by atoms with Crippen LogP contribution in [-0.4, -0.2) is 32.3 Å². The van der Waals surface area contributed by atoms with Gasteiger partial charge in [-0.25, -0.2) is 4.98 Å². The van der Waals surface area contributed by atoms with Gasteiger partial charge in [0.1, 0.15) is 5.75 Å². The summed E-state index contributed by atoms with van der Waals surface area (Å²) in [6, 6.07) is 3.95. The molecule has 0 spiro atoms. The van der Waals surface area contributed by atoms with Crippen molar-refractivity contribution in [2.24, 2.45) is 5.73 Å². The second-order valence-electron chi connectivity index (χ2n) is 8.54. The second-order valence-corrected chi connectivity index (χ2v) is 8.54. The van der Waals surface area contributed by atoms with Crippen molar-refractivity contribution in [2.45, 2.75) is 59.7 Å². The van der Waals surface area contributed by atoms with Crippen molar-refractivity contribution in [3.05, 3.63) is 53.2 Å². The predicted molar refractivity (Wildman–Crippen MR) is 124 cm³/mol. The first-order chi connectivity index (χ1) is 15.3. The van der Waals surface area contributed by atoms with Crippen LogP contribution in [0.25, 0.3) is 11.3 Å². The lowest BCUT2D eigenvalue weighted by Gasteiger charge is -2.30. The molecule has 2 N–H and O–H groups in total. The largest absolute Gasteiger partial charge is 0.492 e. The zero-order chi connectivity index (χ0) is 23.0. The third-order valence-electron chi connectivity index (χ3n) is 5.86. The Labute approximate surface area is 188 Å². The summed E-state index contributed by atoms with van der Waals surface area (Å²) in [5, 5.41) is 4.24. The second kappa shape index (κ2) is 8.35. The maximum absolute atomic E-state index is 13.4. The summed E-state index contributed by atoms with van der Waals surface area (Å²) in [4.78, 5) is 24.7. The average molecular weight is 435 g/mol. The van der Waals surface area contributed by atoms with E-state index in [4.69, 9.17) is 15.5 Å². The normalized spacial score (nSPS) is 14.7. The van der Waals surface area contributed by atoms with Gasteiger partial charge >= 0.3 is 0 Å². The molecule has 4 rings (SSSR count). The zero-order valence-corrected chi connectivity index (χ0v) is 19.3. The van der Waals surface area contributed by atoms with Gasteiger partial charge in [-0.3, -0.25) is 19.4 Å². The molecule has 0 fully saturated rings.